The van der Waals surface area contributed by atoms with E-state index >= 15 is 0 Å². The van der Waals surface area contributed by atoms with Crippen LogP contribution in [-0.4, -0.2) is 36.0 Å². The molecule has 0 aliphatic heterocycles. The molecule has 3 rings (SSSR count). The zero-order valence-corrected chi connectivity index (χ0v) is 14.7. The van der Waals surface area contributed by atoms with Gasteiger partial charge in [-0.3, -0.25) is 4.79 Å². The predicted molar refractivity (Wildman–Crippen MR) is 100 cm³/mol. The predicted octanol–water partition coefficient (Wildman–Crippen LogP) is 2.53. The van der Waals surface area contributed by atoms with Crippen molar-refractivity contribution in [2.75, 3.05) is 5.32 Å². The lowest BCUT2D eigenvalue weighted by molar-refractivity contribution is -0.105. The number of rotatable bonds is 7. The minimum atomic E-state index is -1.92. The van der Waals surface area contributed by atoms with Gasteiger partial charge >= 0.3 is 5.97 Å². The molecule has 3 N–H and O–H groups in total. The first kappa shape index (κ1) is 18.5. The molecule has 1 amide bonds. The fourth-order valence-corrected chi connectivity index (χ4v) is 3.05. The second-order valence-electron chi connectivity index (χ2n) is 5.60. The summed E-state index contributed by atoms with van der Waals surface area (Å²) in [5, 5.41) is 15.9. The highest BCUT2D eigenvalue weighted by Crippen LogP contribution is 2.26. The molecule has 0 saturated heterocycles. The number of carboxylic acid groups (broad SMARTS) is 1. The number of carbonyl (C=O) groups excluding carboxylic acids is 1. The molecule has 27 heavy (non-hydrogen) atoms. The van der Waals surface area contributed by atoms with Crippen molar-refractivity contribution in [2.45, 2.75) is 5.75 Å². The molecule has 0 spiro atoms. The summed E-state index contributed by atoms with van der Waals surface area (Å²) in [6, 6.07) is 14.9. The first-order valence-electron chi connectivity index (χ1n) is 7.78. The van der Waals surface area contributed by atoms with Crippen molar-refractivity contribution in [3.63, 3.8) is 0 Å². The highest BCUT2D eigenvalue weighted by atomic mass is 32.2. The molecule has 0 aliphatic rings. The van der Waals surface area contributed by atoms with Gasteiger partial charge in [-0.05, 0) is 29.8 Å². The Kier molecular flexibility index (Phi) is 5.43. The van der Waals surface area contributed by atoms with Crippen LogP contribution in [-0.2, 0) is 21.6 Å². The van der Waals surface area contributed by atoms with Crippen LogP contribution in [0.2, 0.25) is 0 Å². The third-order valence-electron chi connectivity index (χ3n) is 3.81. The molecule has 138 valence electrons. The van der Waals surface area contributed by atoms with Crippen LogP contribution in [0.15, 0.2) is 54.6 Å². The van der Waals surface area contributed by atoms with Crippen molar-refractivity contribution >= 4 is 29.3 Å². The average molecular weight is 385 g/mol. The van der Waals surface area contributed by atoms with Gasteiger partial charge in [0.05, 0.1) is 22.7 Å². The molecule has 0 aliphatic carbocycles. The van der Waals surface area contributed by atoms with Gasteiger partial charge in [0.15, 0.2) is 16.9 Å². The van der Waals surface area contributed by atoms with Crippen molar-refractivity contribution < 1.29 is 23.5 Å². The quantitative estimate of drug-likeness (QED) is 0.424. The summed E-state index contributed by atoms with van der Waals surface area (Å²) >= 11 is -1.92. The number of nitrogens with zero attached hydrogens (tertiary/aromatic N) is 2. The van der Waals surface area contributed by atoms with Gasteiger partial charge in [-0.1, -0.05) is 24.3 Å². The molecular formula is C18H15N3O5S. The molecule has 0 saturated carbocycles. The lowest BCUT2D eigenvalue weighted by Crippen LogP contribution is -2.02. The van der Waals surface area contributed by atoms with Gasteiger partial charge in [-0.25, -0.2) is 13.7 Å². The summed E-state index contributed by atoms with van der Waals surface area (Å²) in [5.41, 5.74) is 2.92. The van der Waals surface area contributed by atoms with E-state index in [-0.39, 0.29) is 11.3 Å². The summed E-state index contributed by atoms with van der Waals surface area (Å²) in [7, 11) is 0. The maximum atomic E-state index is 11.0. The summed E-state index contributed by atoms with van der Waals surface area (Å²) in [6.45, 7) is 0. The first-order chi connectivity index (χ1) is 13.0. The number of amides is 1. The van der Waals surface area contributed by atoms with Crippen LogP contribution < -0.4 is 5.32 Å². The van der Waals surface area contributed by atoms with E-state index in [1.54, 1.807) is 47.1 Å². The SMILES string of the molecule is O=CNc1cc(-c2ccc(CS(=O)O)cc2)n(-c2ccc(C(=O)O)cc2)n1. The van der Waals surface area contributed by atoms with Crippen molar-refractivity contribution in [1.29, 1.82) is 0 Å². The molecular weight excluding hydrogens is 370 g/mol. The standard InChI is InChI=1S/C18H15N3O5S/c22-11-19-17-9-16(13-3-1-12(2-4-13)10-27(25)26)21(20-17)15-7-5-14(6-8-15)18(23)24/h1-9,11H,10H2,(H,23,24)(H,25,26)(H,19,20,22). The van der Waals surface area contributed by atoms with Crippen molar-refractivity contribution in [2.24, 2.45) is 0 Å². The normalized spacial score (nSPS) is 11.7. The number of carbonyl (C=O) groups is 2. The number of hydrogen-bond acceptors (Lipinski definition) is 4. The van der Waals surface area contributed by atoms with E-state index in [0.29, 0.717) is 29.2 Å². The minimum absolute atomic E-state index is 0.0359. The Bertz CT molecular complexity index is 997. The van der Waals surface area contributed by atoms with E-state index in [4.69, 9.17) is 9.66 Å². The van der Waals surface area contributed by atoms with Crippen LogP contribution in [0, 0.1) is 0 Å². The molecule has 0 bridgehead atoms. The molecule has 0 fully saturated rings. The van der Waals surface area contributed by atoms with Crippen molar-refractivity contribution in [3.8, 4) is 16.9 Å². The smallest absolute Gasteiger partial charge is 0.335 e. The van der Waals surface area contributed by atoms with Gasteiger partial charge in [0.2, 0.25) is 6.41 Å². The van der Waals surface area contributed by atoms with Crippen LogP contribution >= 0.6 is 0 Å². The number of benzene rings is 2. The third-order valence-corrected chi connectivity index (χ3v) is 4.40. The van der Waals surface area contributed by atoms with Crippen LogP contribution in [0.4, 0.5) is 5.82 Å². The van der Waals surface area contributed by atoms with Gasteiger partial charge in [0.1, 0.15) is 0 Å². The second kappa shape index (κ2) is 7.94. The summed E-state index contributed by atoms with van der Waals surface area (Å²) < 4.78 is 21.5. The molecule has 0 radical (unpaired) electrons. The number of aromatic nitrogens is 2. The molecule has 9 heteroatoms. The van der Waals surface area contributed by atoms with Gasteiger partial charge in [0.25, 0.3) is 0 Å². The van der Waals surface area contributed by atoms with E-state index in [2.05, 4.69) is 10.4 Å². The highest BCUT2D eigenvalue weighted by Gasteiger charge is 2.13. The molecule has 2 aromatic carbocycles. The number of hydrogen-bond donors (Lipinski definition) is 3. The first-order valence-corrected chi connectivity index (χ1v) is 9.06. The number of nitrogens with one attached hydrogen (secondary N) is 1. The molecule has 1 atom stereocenters. The largest absolute Gasteiger partial charge is 0.478 e. The van der Waals surface area contributed by atoms with Crippen LogP contribution in [0.1, 0.15) is 15.9 Å². The Balaban J connectivity index is 2.02. The molecule has 1 aromatic heterocycles. The highest BCUT2D eigenvalue weighted by molar-refractivity contribution is 7.78. The zero-order chi connectivity index (χ0) is 19.4. The Hall–Kier alpha value is -3.30. The maximum Gasteiger partial charge on any atom is 0.335 e. The van der Waals surface area contributed by atoms with E-state index in [1.807, 2.05) is 0 Å². The van der Waals surface area contributed by atoms with Crippen LogP contribution in [0.5, 0.6) is 0 Å². The number of anilines is 1. The Morgan fingerprint density at radius 2 is 1.81 bits per heavy atom. The van der Waals surface area contributed by atoms with Gasteiger partial charge in [0, 0.05) is 11.6 Å². The Morgan fingerprint density at radius 1 is 1.15 bits per heavy atom. The zero-order valence-electron chi connectivity index (χ0n) is 13.9. The van der Waals surface area contributed by atoms with Crippen molar-refractivity contribution in [3.05, 3.63) is 65.7 Å². The Morgan fingerprint density at radius 3 is 2.37 bits per heavy atom. The minimum Gasteiger partial charge on any atom is -0.478 e. The fourth-order valence-electron chi connectivity index (χ4n) is 2.57. The maximum absolute atomic E-state index is 11.0. The second-order valence-corrected chi connectivity index (χ2v) is 6.54. The van der Waals surface area contributed by atoms with E-state index < -0.39 is 17.0 Å². The van der Waals surface area contributed by atoms with Crippen LogP contribution in [0.25, 0.3) is 16.9 Å². The average Bonchev–Trinajstić information content (AvgIpc) is 3.06. The summed E-state index contributed by atoms with van der Waals surface area (Å²) in [5.74, 6) is -0.654. The van der Waals surface area contributed by atoms with Gasteiger partial charge in [-0.2, -0.15) is 0 Å². The van der Waals surface area contributed by atoms with Crippen LogP contribution in [0.3, 0.4) is 0 Å². The van der Waals surface area contributed by atoms with E-state index in [0.717, 1.165) is 5.56 Å². The molecule has 3 aromatic rings. The van der Waals surface area contributed by atoms with E-state index in [9.17, 15) is 13.8 Å². The molecule has 1 heterocycles. The lowest BCUT2D eigenvalue weighted by Gasteiger charge is -2.08. The monoisotopic (exact) mass is 385 g/mol. The summed E-state index contributed by atoms with van der Waals surface area (Å²) in [6.07, 6.45) is 0.518. The fraction of sp³-hybridized carbons (Fsp3) is 0.0556. The molecule has 1 unspecified atom stereocenters. The Labute approximate surface area is 156 Å². The molecule has 8 nitrogen and oxygen atoms in total. The van der Waals surface area contributed by atoms with Gasteiger partial charge in [-0.15, -0.1) is 5.10 Å². The van der Waals surface area contributed by atoms with Gasteiger partial charge < -0.3 is 15.0 Å². The third kappa shape index (κ3) is 4.27. The van der Waals surface area contributed by atoms with Crippen molar-refractivity contribution in [1.82, 2.24) is 9.78 Å². The number of carboxylic acids is 1. The summed E-state index contributed by atoms with van der Waals surface area (Å²) in [4.78, 5) is 21.8. The lowest BCUT2D eigenvalue weighted by atomic mass is 10.1. The number of aromatic carboxylic acids is 1. The topological polar surface area (TPSA) is 122 Å². The van der Waals surface area contributed by atoms with E-state index in [1.165, 1.54) is 12.1 Å².